The molecule has 0 radical (unpaired) electrons. The van der Waals surface area contributed by atoms with Gasteiger partial charge in [0.1, 0.15) is 6.04 Å². The minimum absolute atomic E-state index is 0.0433. The third kappa shape index (κ3) is 3.98. The highest BCUT2D eigenvalue weighted by molar-refractivity contribution is 6.31. The Bertz CT molecular complexity index is 704. The lowest BCUT2D eigenvalue weighted by molar-refractivity contribution is -0.146. The number of aryl methyl sites for hydroxylation is 1. The number of carbonyl (C=O) groups excluding carboxylic acids is 1. The molecule has 3 rings (SSSR count). The van der Waals surface area contributed by atoms with E-state index in [1.165, 1.54) is 10.5 Å². The van der Waals surface area contributed by atoms with E-state index in [9.17, 15) is 14.7 Å². The molecule has 6 heteroatoms. The van der Waals surface area contributed by atoms with E-state index in [1.807, 2.05) is 19.1 Å². The summed E-state index contributed by atoms with van der Waals surface area (Å²) in [5, 5.41) is 10.0. The highest BCUT2D eigenvalue weighted by Crippen LogP contribution is 2.25. The Morgan fingerprint density at radius 1 is 1.40 bits per heavy atom. The Hall–Kier alpha value is -2.01. The van der Waals surface area contributed by atoms with Gasteiger partial charge >= 0.3 is 5.97 Å². The summed E-state index contributed by atoms with van der Waals surface area (Å²) >= 11 is 6.09. The normalized spacial score (nSPS) is 22.9. The molecule has 2 aliphatic rings. The van der Waals surface area contributed by atoms with Crippen molar-refractivity contribution >= 4 is 23.5 Å². The Balaban J connectivity index is 1.59. The summed E-state index contributed by atoms with van der Waals surface area (Å²) < 4.78 is 0. The van der Waals surface area contributed by atoms with Gasteiger partial charge in [-0.15, -0.1) is 0 Å². The van der Waals surface area contributed by atoms with Crippen LogP contribution in [0.5, 0.6) is 0 Å². The second-order valence-corrected chi connectivity index (χ2v) is 7.21. The Morgan fingerprint density at radius 3 is 2.92 bits per heavy atom. The molecule has 2 aliphatic heterocycles. The van der Waals surface area contributed by atoms with Gasteiger partial charge in [0.05, 0.1) is 0 Å². The Morgan fingerprint density at radius 2 is 2.20 bits per heavy atom. The number of benzene rings is 1. The van der Waals surface area contributed by atoms with Crippen molar-refractivity contribution in [1.29, 1.82) is 0 Å². The van der Waals surface area contributed by atoms with Gasteiger partial charge in [-0.1, -0.05) is 29.8 Å². The number of carbonyl (C=O) groups is 2. The SMILES string of the molecule is Cc1cc(CN2C=CCC2CCN2C(=O)CCC2C(=O)O)ccc1Cl. The van der Waals surface area contributed by atoms with Crippen molar-refractivity contribution in [3.05, 3.63) is 46.6 Å². The second-order valence-electron chi connectivity index (χ2n) is 6.80. The molecule has 1 aromatic rings. The van der Waals surface area contributed by atoms with Gasteiger partial charge in [-0.25, -0.2) is 4.79 Å². The van der Waals surface area contributed by atoms with Gasteiger partial charge in [0.25, 0.3) is 0 Å². The van der Waals surface area contributed by atoms with E-state index >= 15 is 0 Å². The second kappa shape index (κ2) is 7.48. The summed E-state index contributed by atoms with van der Waals surface area (Å²) in [5.74, 6) is -0.942. The molecule has 1 N–H and O–H groups in total. The van der Waals surface area contributed by atoms with Crippen LogP contribution in [0.3, 0.4) is 0 Å². The quantitative estimate of drug-likeness (QED) is 0.844. The van der Waals surface area contributed by atoms with Crippen molar-refractivity contribution in [2.24, 2.45) is 0 Å². The molecule has 1 amide bonds. The minimum atomic E-state index is -0.899. The molecule has 1 saturated heterocycles. The van der Waals surface area contributed by atoms with Gasteiger partial charge in [0.15, 0.2) is 0 Å². The van der Waals surface area contributed by atoms with E-state index in [2.05, 4.69) is 23.2 Å². The van der Waals surface area contributed by atoms with Crippen LogP contribution in [0.1, 0.15) is 36.8 Å². The summed E-state index contributed by atoms with van der Waals surface area (Å²) in [5.41, 5.74) is 2.25. The van der Waals surface area contributed by atoms with E-state index in [0.717, 1.165) is 30.0 Å². The first-order valence-corrected chi connectivity index (χ1v) is 9.03. The molecule has 5 nitrogen and oxygen atoms in total. The largest absolute Gasteiger partial charge is 0.480 e. The van der Waals surface area contributed by atoms with E-state index < -0.39 is 12.0 Å². The average molecular weight is 363 g/mol. The summed E-state index contributed by atoms with van der Waals surface area (Å²) in [7, 11) is 0. The molecule has 0 aromatic heterocycles. The maximum absolute atomic E-state index is 12.0. The lowest BCUT2D eigenvalue weighted by Gasteiger charge is -2.29. The van der Waals surface area contributed by atoms with Gasteiger partial charge in [-0.2, -0.15) is 0 Å². The van der Waals surface area contributed by atoms with Gasteiger partial charge < -0.3 is 14.9 Å². The summed E-state index contributed by atoms with van der Waals surface area (Å²) in [4.78, 5) is 27.0. The average Bonchev–Trinajstić information content (AvgIpc) is 3.15. The molecule has 2 atom stereocenters. The lowest BCUT2D eigenvalue weighted by Crippen LogP contribution is -2.41. The number of carboxylic acid groups (broad SMARTS) is 1. The van der Waals surface area contributed by atoms with Crippen LogP contribution in [0.2, 0.25) is 5.02 Å². The van der Waals surface area contributed by atoms with Crippen molar-refractivity contribution in [3.8, 4) is 0 Å². The highest BCUT2D eigenvalue weighted by Gasteiger charge is 2.36. The predicted octanol–water partition coefficient (Wildman–Crippen LogP) is 3.20. The zero-order chi connectivity index (χ0) is 18.0. The van der Waals surface area contributed by atoms with Crippen molar-refractivity contribution in [3.63, 3.8) is 0 Å². The molecule has 25 heavy (non-hydrogen) atoms. The number of nitrogens with zero attached hydrogens (tertiary/aromatic N) is 2. The molecular weight excluding hydrogens is 340 g/mol. The first-order valence-electron chi connectivity index (χ1n) is 8.65. The molecule has 0 bridgehead atoms. The monoisotopic (exact) mass is 362 g/mol. The molecule has 1 fully saturated rings. The predicted molar refractivity (Wildman–Crippen MR) is 96.3 cm³/mol. The maximum atomic E-state index is 12.0. The number of aliphatic carboxylic acids is 1. The fourth-order valence-electron chi connectivity index (χ4n) is 3.65. The van der Waals surface area contributed by atoms with E-state index in [-0.39, 0.29) is 5.91 Å². The smallest absolute Gasteiger partial charge is 0.326 e. The van der Waals surface area contributed by atoms with E-state index in [4.69, 9.17) is 11.6 Å². The van der Waals surface area contributed by atoms with Crippen molar-refractivity contribution in [1.82, 2.24) is 9.80 Å². The van der Waals surface area contributed by atoms with Gasteiger partial charge in [0, 0.05) is 30.6 Å². The van der Waals surface area contributed by atoms with E-state index in [1.54, 1.807) is 0 Å². The zero-order valence-corrected chi connectivity index (χ0v) is 15.1. The topological polar surface area (TPSA) is 60.9 Å². The van der Waals surface area contributed by atoms with Crippen LogP contribution >= 0.6 is 11.6 Å². The van der Waals surface area contributed by atoms with Gasteiger partial charge in [-0.3, -0.25) is 4.79 Å². The summed E-state index contributed by atoms with van der Waals surface area (Å²) in [6.07, 6.45) is 6.68. The number of hydrogen-bond donors (Lipinski definition) is 1. The Labute approximate surface area is 152 Å². The standard InChI is InChI=1S/C19H23ClN2O3/c1-13-11-14(4-5-16(13)20)12-21-9-2-3-15(21)8-10-22-17(19(24)25)6-7-18(22)23/h2,4-5,9,11,15,17H,3,6-8,10,12H2,1H3,(H,24,25). The molecule has 1 aromatic carbocycles. The first-order chi connectivity index (χ1) is 12.0. The van der Waals surface area contributed by atoms with Crippen LogP contribution < -0.4 is 0 Å². The number of hydrogen-bond acceptors (Lipinski definition) is 3. The summed E-state index contributed by atoms with van der Waals surface area (Å²) in [6.45, 7) is 3.28. The van der Waals surface area contributed by atoms with Crippen LogP contribution in [0.15, 0.2) is 30.5 Å². The molecule has 0 aliphatic carbocycles. The van der Waals surface area contributed by atoms with Crippen LogP contribution in [-0.4, -0.2) is 45.4 Å². The van der Waals surface area contributed by atoms with Gasteiger partial charge in [-0.05, 0) is 49.6 Å². The van der Waals surface area contributed by atoms with Crippen molar-refractivity contribution in [2.45, 2.75) is 51.2 Å². The van der Waals surface area contributed by atoms with Crippen LogP contribution in [0, 0.1) is 6.92 Å². The molecular formula is C19H23ClN2O3. The zero-order valence-electron chi connectivity index (χ0n) is 14.3. The van der Waals surface area contributed by atoms with Crippen molar-refractivity contribution < 1.29 is 14.7 Å². The van der Waals surface area contributed by atoms with Crippen LogP contribution in [0.4, 0.5) is 0 Å². The van der Waals surface area contributed by atoms with E-state index in [0.29, 0.717) is 25.4 Å². The Kier molecular flexibility index (Phi) is 5.33. The third-order valence-electron chi connectivity index (χ3n) is 5.08. The molecule has 2 heterocycles. The highest BCUT2D eigenvalue weighted by atomic mass is 35.5. The lowest BCUT2D eigenvalue weighted by atomic mass is 10.1. The fourth-order valence-corrected chi connectivity index (χ4v) is 3.77. The first kappa shape index (κ1) is 17.8. The van der Waals surface area contributed by atoms with Crippen molar-refractivity contribution in [2.75, 3.05) is 6.54 Å². The van der Waals surface area contributed by atoms with Gasteiger partial charge in [0.2, 0.25) is 5.91 Å². The molecule has 0 spiro atoms. The number of amides is 1. The molecule has 2 unspecified atom stereocenters. The maximum Gasteiger partial charge on any atom is 0.326 e. The van der Waals surface area contributed by atoms with Crippen LogP contribution in [0.25, 0.3) is 0 Å². The molecule has 0 saturated carbocycles. The minimum Gasteiger partial charge on any atom is -0.480 e. The number of likely N-dealkylation sites (tertiary alicyclic amines) is 1. The number of carboxylic acids is 1. The summed E-state index contributed by atoms with van der Waals surface area (Å²) in [6, 6.07) is 5.67. The number of rotatable bonds is 6. The number of halogens is 1. The third-order valence-corrected chi connectivity index (χ3v) is 5.50. The fraction of sp³-hybridized carbons (Fsp3) is 0.474. The van der Waals surface area contributed by atoms with Crippen LogP contribution in [-0.2, 0) is 16.1 Å². The molecule has 134 valence electrons.